The summed E-state index contributed by atoms with van der Waals surface area (Å²) < 4.78 is 5.37. The van der Waals surface area contributed by atoms with Crippen LogP contribution in [0.5, 0.6) is 0 Å². The number of nitrogens with one attached hydrogen (secondary N) is 1. The number of carbonyl (C=O) groups is 1. The molecule has 0 spiro atoms. The number of rotatable bonds is 5. The van der Waals surface area contributed by atoms with Gasteiger partial charge < -0.3 is 9.88 Å². The van der Waals surface area contributed by atoms with Gasteiger partial charge in [0.15, 0.2) is 0 Å². The van der Waals surface area contributed by atoms with Crippen LogP contribution in [0.1, 0.15) is 27.8 Å². The number of aromatic nitrogens is 5. The van der Waals surface area contributed by atoms with Crippen LogP contribution in [0, 0.1) is 0 Å². The third kappa shape index (κ3) is 3.61. The summed E-state index contributed by atoms with van der Waals surface area (Å²) in [6.45, 7) is 0. The second kappa shape index (κ2) is 7.94. The lowest BCUT2D eigenvalue weighted by Gasteiger charge is -2.19. The van der Waals surface area contributed by atoms with Crippen LogP contribution in [0.4, 0.5) is 0 Å². The quantitative estimate of drug-likeness (QED) is 0.526. The monoisotopic (exact) mass is 418 g/mol. The van der Waals surface area contributed by atoms with Crippen LogP contribution in [0.2, 0.25) is 0 Å². The molecule has 0 aliphatic rings. The highest BCUT2D eigenvalue weighted by atomic mass is 16.2. The second-order valence-electron chi connectivity index (χ2n) is 7.22. The van der Waals surface area contributed by atoms with Crippen LogP contribution in [-0.4, -0.2) is 29.4 Å². The minimum absolute atomic E-state index is 0.280. The summed E-state index contributed by atoms with van der Waals surface area (Å²) in [5, 5.41) is 3.04. The molecule has 2 aromatic heterocycles. The Kier molecular flexibility index (Phi) is 5.16. The van der Waals surface area contributed by atoms with Crippen molar-refractivity contribution >= 4 is 5.91 Å². The van der Waals surface area contributed by atoms with Crippen molar-refractivity contribution in [3.63, 3.8) is 0 Å². The van der Waals surface area contributed by atoms with Crippen molar-refractivity contribution in [2.45, 2.75) is 6.04 Å². The first-order chi connectivity index (χ1) is 14.9. The van der Waals surface area contributed by atoms with Gasteiger partial charge >= 0.3 is 11.4 Å². The highest BCUT2D eigenvalue weighted by Crippen LogP contribution is 2.21. The smallest absolute Gasteiger partial charge is 0.338 e. The normalized spacial score (nSPS) is 12.0. The summed E-state index contributed by atoms with van der Waals surface area (Å²) in [4.78, 5) is 41.7. The van der Waals surface area contributed by atoms with E-state index in [0.29, 0.717) is 17.1 Å². The molecular weight excluding hydrogens is 396 g/mol. The summed E-state index contributed by atoms with van der Waals surface area (Å²) in [5.41, 5.74) is 0.946. The number of amides is 1. The van der Waals surface area contributed by atoms with Gasteiger partial charge in [0.25, 0.3) is 5.91 Å². The van der Waals surface area contributed by atoms with Crippen molar-refractivity contribution in [1.82, 2.24) is 28.8 Å². The molecule has 2 aromatic carbocycles. The van der Waals surface area contributed by atoms with Crippen molar-refractivity contribution < 1.29 is 4.79 Å². The average molecular weight is 418 g/mol. The summed E-state index contributed by atoms with van der Waals surface area (Å²) in [6.07, 6.45) is 3.52. The molecule has 0 aliphatic heterocycles. The van der Waals surface area contributed by atoms with Gasteiger partial charge in [-0.2, -0.15) is 4.68 Å². The predicted octanol–water partition coefficient (Wildman–Crippen LogP) is 1.13. The first-order valence-corrected chi connectivity index (χ1v) is 9.67. The van der Waals surface area contributed by atoms with Crippen molar-refractivity contribution in [2.75, 3.05) is 0 Å². The molecule has 9 nitrogen and oxygen atoms in total. The Morgan fingerprint density at radius 2 is 1.61 bits per heavy atom. The number of imidazole rings is 1. The molecule has 1 N–H and O–H groups in total. The predicted molar refractivity (Wildman–Crippen MR) is 115 cm³/mol. The van der Waals surface area contributed by atoms with Crippen molar-refractivity contribution in [2.24, 2.45) is 21.1 Å². The summed E-state index contributed by atoms with van der Waals surface area (Å²) in [5.74, 6) is 0.430. The van der Waals surface area contributed by atoms with Crippen LogP contribution in [0.15, 0.2) is 76.6 Å². The van der Waals surface area contributed by atoms with E-state index in [1.54, 1.807) is 30.5 Å². The van der Waals surface area contributed by atoms with Crippen LogP contribution in [-0.2, 0) is 21.1 Å². The Morgan fingerprint density at radius 1 is 0.935 bits per heavy atom. The number of carbonyl (C=O) groups excluding carboxylic acids is 1. The lowest BCUT2D eigenvalue weighted by molar-refractivity contribution is 0.0941. The van der Waals surface area contributed by atoms with Crippen LogP contribution >= 0.6 is 0 Å². The second-order valence-corrected chi connectivity index (χ2v) is 7.22. The van der Waals surface area contributed by atoms with E-state index in [9.17, 15) is 14.4 Å². The van der Waals surface area contributed by atoms with Gasteiger partial charge in [-0.25, -0.2) is 23.8 Å². The SMILES string of the molecule is Cn1ccnc1[C@H](NC(=O)c1ccc(-n2c(=O)n(C)c(=O)n2C)cc1)c1ccccc1. The zero-order valence-electron chi connectivity index (χ0n) is 17.4. The molecule has 4 rings (SSSR count). The molecule has 0 radical (unpaired) electrons. The topological polar surface area (TPSA) is 95.8 Å². The molecule has 9 heteroatoms. The molecule has 0 saturated carbocycles. The van der Waals surface area contributed by atoms with Gasteiger partial charge in [0.05, 0.1) is 5.69 Å². The minimum atomic E-state index is -0.455. The first kappa shape index (κ1) is 20.1. The molecule has 2 heterocycles. The van der Waals surface area contributed by atoms with E-state index < -0.39 is 17.4 Å². The van der Waals surface area contributed by atoms with E-state index in [1.165, 1.54) is 23.5 Å². The molecule has 0 aliphatic carbocycles. The summed E-state index contributed by atoms with van der Waals surface area (Å²) in [6, 6.07) is 15.7. The fraction of sp³-hybridized carbons (Fsp3) is 0.182. The number of benzene rings is 2. The van der Waals surface area contributed by atoms with Crippen molar-refractivity contribution in [3.05, 3.63) is 105 Å². The fourth-order valence-electron chi connectivity index (χ4n) is 3.50. The van der Waals surface area contributed by atoms with E-state index in [-0.39, 0.29) is 5.91 Å². The Morgan fingerprint density at radius 3 is 2.16 bits per heavy atom. The molecule has 4 aromatic rings. The number of aryl methyl sites for hydroxylation is 1. The maximum atomic E-state index is 13.0. The third-order valence-corrected chi connectivity index (χ3v) is 5.23. The molecule has 1 amide bonds. The molecule has 158 valence electrons. The molecular formula is C22H22N6O3. The minimum Gasteiger partial charge on any atom is -0.338 e. The Hall–Kier alpha value is -4.14. The molecule has 1 atom stereocenters. The largest absolute Gasteiger partial charge is 0.351 e. The Labute approximate surface area is 177 Å². The van der Waals surface area contributed by atoms with Crippen molar-refractivity contribution in [1.29, 1.82) is 0 Å². The van der Waals surface area contributed by atoms with E-state index in [2.05, 4.69) is 10.3 Å². The average Bonchev–Trinajstić information content (AvgIpc) is 3.29. The zero-order valence-corrected chi connectivity index (χ0v) is 17.4. The van der Waals surface area contributed by atoms with E-state index in [0.717, 1.165) is 10.1 Å². The standard InChI is InChI=1S/C22H22N6O3/c1-25-14-13-23-19(25)18(15-7-5-4-6-8-15)24-20(29)16-9-11-17(12-10-16)28-22(31)26(2)21(30)27(28)3/h4-14,18H,1-3H3,(H,24,29)/t18-/m1/s1. The van der Waals surface area contributed by atoms with Gasteiger partial charge in [-0.1, -0.05) is 30.3 Å². The molecule has 0 unspecified atom stereocenters. The summed E-state index contributed by atoms with van der Waals surface area (Å²) in [7, 11) is 4.81. The van der Waals surface area contributed by atoms with Gasteiger partial charge in [-0.3, -0.25) is 4.79 Å². The van der Waals surface area contributed by atoms with E-state index in [1.807, 2.05) is 48.1 Å². The number of hydrogen-bond acceptors (Lipinski definition) is 4. The maximum absolute atomic E-state index is 13.0. The Bertz CT molecular complexity index is 1340. The number of nitrogens with zero attached hydrogens (tertiary/aromatic N) is 5. The highest BCUT2D eigenvalue weighted by molar-refractivity contribution is 5.94. The molecule has 0 bridgehead atoms. The van der Waals surface area contributed by atoms with E-state index >= 15 is 0 Å². The lowest BCUT2D eigenvalue weighted by atomic mass is 10.1. The van der Waals surface area contributed by atoms with Crippen LogP contribution in [0.25, 0.3) is 5.69 Å². The van der Waals surface area contributed by atoms with Gasteiger partial charge in [0.2, 0.25) is 0 Å². The van der Waals surface area contributed by atoms with E-state index in [4.69, 9.17) is 0 Å². The lowest BCUT2D eigenvalue weighted by Crippen LogP contribution is -2.31. The fourth-order valence-corrected chi connectivity index (χ4v) is 3.50. The third-order valence-electron chi connectivity index (χ3n) is 5.23. The first-order valence-electron chi connectivity index (χ1n) is 9.67. The van der Waals surface area contributed by atoms with Gasteiger partial charge in [0.1, 0.15) is 11.9 Å². The number of hydrogen-bond donors (Lipinski definition) is 1. The van der Waals surface area contributed by atoms with Crippen LogP contribution < -0.4 is 16.7 Å². The zero-order chi connectivity index (χ0) is 22.1. The molecule has 31 heavy (non-hydrogen) atoms. The molecule has 0 saturated heterocycles. The van der Waals surface area contributed by atoms with Gasteiger partial charge in [0, 0.05) is 39.1 Å². The van der Waals surface area contributed by atoms with Crippen molar-refractivity contribution in [3.8, 4) is 5.69 Å². The Balaban J connectivity index is 1.64. The van der Waals surface area contributed by atoms with Gasteiger partial charge in [-0.05, 0) is 29.8 Å². The highest BCUT2D eigenvalue weighted by Gasteiger charge is 2.21. The maximum Gasteiger partial charge on any atom is 0.351 e. The van der Waals surface area contributed by atoms with Crippen LogP contribution in [0.3, 0.4) is 0 Å². The summed E-state index contributed by atoms with van der Waals surface area (Å²) >= 11 is 0. The molecule has 0 fully saturated rings. The van der Waals surface area contributed by atoms with Gasteiger partial charge in [-0.15, -0.1) is 0 Å².